The minimum Gasteiger partial charge on any atom is -0.381 e. The van der Waals surface area contributed by atoms with E-state index in [-0.39, 0.29) is 23.8 Å². The van der Waals surface area contributed by atoms with Crippen molar-refractivity contribution in [2.75, 3.05) is 23.4 Å². The molecule has 2 amide bonds. The molecule has 2 aromatic carbocycles. The van der Waals surface area contributed by atoms with Crippen LogP contribution in [-0.2, 0) is 16.1 Å². The highest BCUT2D eigenvalue weighted by Crippen LogP contribution is 2.50. The van der Waals surface area contributed by atoms with Crippen LogP contribution in [0.5, 0.6) is 0 Å². The Hall–Kier alpha value is -3.38. The Bertz CT molecular complexity index is 1190. The van der Waals surface area contributed by atoms with Crippen LogP contribution in [0.1, 0.15) is 60.3 Å². The number of rotatable bonds is 2. The molecule has 2 atom stereocenters. The molecule has 0 spiro atoms. The predicted octanol–water partition coefficient (Wildman–Crippen LogP) is 4.98. The van der Waals surface area contributed by atoms with Crippen LogP contribution < -0.4 is 10.2 Å². The van der Waals surface area contributed by atoms with Gasteiger partial charge < -0.3 is 19.9 Å². The number of carbonyl (C=O) groups excluding carboxylic acids is 2. The number of anilines is 2. The van der Waals surface area contributed by atoms with Gasteiger partial charge in [-0.25, -0.2) is 0 Å². The zero-order chi connectivity index (χ0) is 23.3. The number of nitrogens with zero attached hydrogens (tertiary/aromatic N) is 2. The van der Waals surface area contributed by atoms with Gasteiger partial charge in [-0.2, -0.15) is 0 Å². The van der Waals surface area contributed by atoms with E-state index in [4.69, 9.17) is 4.74 Å². The Balaban J connectivity index is 0.00000111. The van der Waals surface area contributed by atoms with Crippen LogP contribution in [0.25, 0.3) is 0 Å². The molecular formula is C27H29N3O3. The van der Waals surface area contributed by atoms with Crippen molar-refractivity contribution in [1.29, 1.82) is 0 Å². The average molecular weight is 444 g/mol. The first-order valence-electron chi connectivity index (χ1n) is 11.7. The standard InChI is InChI=1S/C25H23N3O3.C2H6/c1-3-21-24(29)26-20-10-19-18(11-22(20)28(21)14(2)16-8-9-31-13-16)23-17-7-5-4-6-15(17)12-27(23)25(19)30;1-2/h3-7,10-11,16,23H,2,8-9,12-13H2,1H3,(H,26,29);1-2H3/b21-3-;. The third-order valence-electron chi connectivity index (χ3n) is 6.88. The summed E-state index contributed by atoms with van der Waals surface area (Å²) < 4.78 is 5.58. The van der Waals surface area contributed by atoms with E-state index < -0.39 is 0 Å². The Labute approximate surface area is 194 Å². The third kappa shape index (κ3) is 3.12. The number of ether oxygens (including phenoxy) is 1. The third-order valence-corrected chi connectivity index (χ3v) is 6.88. The molecule has 1 N–H and O–H groups in total. The maximum absolute atomic E-state index is 13.2. The lowest BCUT2D eigenvalue weighted by Gasteiger charge is -2.36. The highest BCUT2D eigenvalue weighted by molar-refractivity contribution is 6.14. The molecule has 6 nitrogen and oxygen atoms in total. The number of nitrogens with one attached hydrogen (secondary N) is 1. The second kappa shape index (κ2) is 8.19. The number of allylic oxidation sites excluding steroid dienone is 1. The summed E-state index contributed by atoms with van der Waals surface area (Å²) in [6.07, 6.45) is 2.70. The van der Waals surface area contributed by atoms with Gasteiger partial charge in [0.15, 0.2) is 0 Å². The first kappa shape index (κ1) is 21.5. The molecule has 0 radical (unpaired) electrons. The zero-order valence-corrected chi connectivity index (χ0v) is 19.4. The molecule has 0 aromatic heterocycles. The monoisotopic (exact) mass is 443 g/mol. The minimum atomic E-state index is -0.189. The van der Waals surface area contributed by atoms with Gasteiger partial charge in [0, 0.05) is 30.3 Å². The van der Waals surface area contributed by atoms with Crippen LogP contribution in [0.15, 0.2) is 60.4 Å². The van der Waals surface area contributed by atoms with E-state index in [1.54, 1.807) is 0 Å². The summed E-state index contributed by atoms with van der Waals surface area (Å²) in [4.78, 5) is 30.0. The van der Waals surface area contributed by atoms with Crippen LogP contribution >= 0.6 is 0 Å². The fourth-order valence-corrected chi connectivity index (χ4v) is 5.33. The first-order chi connectivity index (χ1) is 16.1. The lowest BCUT2D eigenvalue weighted by molar-refractivity contribution is -0.113. The number of hydrogen-bond donors (Lipinski definition) is 1. The van der Waals surface area contributed by atoms with Gasteiger partial charge in [0.2, 0.25) is 0 Å². The highest BCUT2D eigenvalue weighted by Gasteiger charge is 2.44. The van der Waals surface area contributed by atoms with Gasteiger partial charge in [-0.15, -0.1) is 0 Å². The van der Waals surface area contributed by atoms with E-state index >= 15 is 0 Å². The van der Waals surface area contributed by atoms with Crippen LogP contribution in [-0.4, -0.2) is 29.9 Å². The summed E-state index contributed by atoms with van der Waals surface area (Å²) >= 11 is 0. The second-order valence-corrected chi connectivity index (χ2v) is 8.51. The lowest BCUT2D eigenvalue weighted by atomic mass is 9.94. The van der Waals surface area contributed by atoms with Crippen LogP contribution in [0.4, 0.5) is 11.4 Å². The quantitative estimate of drug-likeness (QED) is 0.665. The zero-order valence-electron chi connectivity index (χ0n) is 19.4. The lowest BCUT2D eigenvalue weighted by Crippen LogP contribution is -2.37. The van der Waals surface area contributed by atoms with E-state index in [2.05, 4.69) is 30.1 Å². The largest absolute Gasteiger partial charge is 0.381 e. The van der Waals surface area contributed by atoms with E-state index in [9.17, 15) is 9.59 Å². The highest BCUT2D eigenvalue weighted by atomic mass is 16.5. The van der Waals surface area contributed by atoms with E-state index in [1.165, 1.54) is 11.1 Å². The predicted molar refractivity (Wildman–Crippen MR) is 129 cm³/mol. The summed E-state index contributed by atoms with van der Waals surface area (Å²) in [5.41, 5.74) is 6.94. The summed E-state index contributed by atoms with van der Waals surface area (Å²) in [5.74, 6) is -0.0155. The van der Waals surface area contributed by atoms with Crippen molar-refractivity contribution in [3.8, 4) is 0 Å². The van der Waals surface area contributed by atoms with Crippen LogP contribution in [0.3, 0.4) is 0 Å². The maximum Gasteiger partial charge on any atom is 0.272 e. The van der Waals surface area contributed by atoms with Gasteiger partial charge in [0.25, 0.3) is 11.8 Å². The van der Waals surface area contributed by atoms with Crippen molar-refractivity contribution < 1.29 is 14.3 Å². The molecule has 0 aliphatic carbocycles. The molecule has 170 valence electrons. The Morgan fingerprint density at radius 3 is 2.70 bits per heavy atom. The minimum absolute atomic E-state index is 0.0136. The van der Waals surface area contributed by atoms with E-state index in [1.807, 2.05) is 54.8 Å². The molecule has 0 saturated carbocycles. The molecule has 2 unspecified atom stereocenters. The van der Waals surface area contributed by atoms with Crippen molar-refractivity contribution in [1.82, 2.24) is 4.90 Å². The number of amides is 2. The fourth-order valence-electron chi connectivity index (χ4n) is 5.33. The summed E-state index contributed by atoms with van der Waals surface area (Å²) in [7, 11) is 0. The number of hydrogen-bond acceptors (Lipinski definition) is 4. The molecule has 4 aliphatic rings. The Morgan fingerprint density at radius 1 is 1.18 bits per heavy atom. The van der Waals surface area contributed by atoms with Gasteiger partial charge in [0.1, 0.15) is 5.70 Å². The summed E-state index contributed by atoms with van der Waals surface area (Å²) in [6.45, 7) is 12.1. The van der Waals surface area contributed by atoms with Crippen LogP contribution in [0.2, 0.25) is 0 Å². The number of carbonyl (C=O) groups is 2. The average Bonchev–Trinajstić information content (AvgIpc) is 3.56. The van der Waals surface area contributed by atoms with Gasteiger partial charge in [-0.05, 0) is 42.2 Å². The molecule has 6 rings (SSSR count). The molecule has 1 saturated heterocycles. The molecule has 33 heavy (non-hydrogen) atoms. The number of benzene rings is 2. The molecule has 0 bridgehead atoms. The topological polar surface area (TPSA) is 61.9 Å². The van der Waals surface area contributed by atoms with Crippen molar-refractivity contribution in [2.24, 2.45) is 5.92 Å². The van der Waals surface area contributed by atoms with Gasteiger partial charge in [-0.3, -0.25) is 9.59 Å². The van der Waals surface area contributed by atoms with Crippen LogP contribution in [0, 0.1) is 5.92 Å². The normalized spacial score (nSPS) is 23.4. The van der Waals surface area contributed by atoms with Gasteiger partial charge in [-0.1, -0.05) is 50.8 Å². The van der Waals surface area contributed by atoms with E-state index in [0.29, 0.717) is 36.7 Å². The SMILES string of the molecule is C=C(C1CCOC1)N1/C(=C\C)C(=O)Nc2cc3c(cc21)C1c2ccccc2CN1C3=O.CC. The maximum atomic E-state index is 13.2. The van der Waals surface area contributed by atoms with Crippen molar-refractivity contribution in [3.05, 3.63) is 82.7 Å². The summed E-state index contributed by atoms with van der Waals surface area (Å²) in [6, 6.07) is 12.1. The Morgan fingerprint density at radius 2 is 1.97 bits per heavy atom. The number of fused-ring (bicyclic) bond motifs is 6. The Kier molecular flexibility index (Phi) is 5.33. The molecule has 4 heterocycles. The van der Waals surface area contributed by atoms with Crippen molar-refractivity contribution >= 4 is 23.2 Å². The van der Waals surface area contributed by atoms with Gasteiger partial charge >= 0.3 is 0 Å². The van der Waals surface area contributed by atoms with E-state index in [0.717, 1.165) is 23.4 Å². The van der Waals surface area contributed by atoms with Gasteiger partial charge in [0.05, 0.1) is 24.0 Å². The smallest absolute Gasteiger partial charge is 0.272 e. The summed E-state index contributed by atoms with van der Waals surface area (Å²) in [5, 5.41) is 2.98. The second-order valence-electron chi connectivity index (χ2n) is 8.51. The van der Waals surface area contributed by atoms with Crippen molar-refractivity contribution in [2.45, 2.75) is 39.8 Å². The molecule has 6 heteroatoms. The first-order valence-corrected chi connectivity index (χ1v) is 11.7. The van der Waals surface area contributed by atoms with Crippen molar-refractivity contribution in [3.63, 3.8) is 0 Å². The molecule has 1 fully saturated rings. The molecule has 2 aromatic rings. The molecular weight excluding hydrogens is 414 g/mol. The fraction of sp³-hybridized carbons (Fsp3) is 0.333. The molecule has 4 aliphatic heterocycles.